The van der Waals surface area contributed by atoms with Gasteiger partial charge in [-0.15, -0.1) is 0 Å². The molecule has 0 aromatic carbocycles. The first kappa shape index (κ1) is 22.5. The summed E-state index contributed by atoms with van der Waals surface area (Å²) in [4.78, 5) is 14.0. The number of aliphatic hydroxyl groups excluding tert-OH is 1. The fraction of sp³-hybridized carbons (Fsp3) is 0.810. The maximum absolute atomic E-state index is 9.24. The summed E-state index contributed by atoms with van der Waals surface area (Å²) in [6.07, 6.45) is 6.05. The Labute approximate surface area is 175 Å². The SMILES string of the molecule is CC(C)N(CC1CCCN(CCO)C1)c1ncc(B2OC(C)(C)C(C)(C)O2)cn1. The third kappa shape index (κ3) is 5.10. The highest BCUT2D eigenvalue weighted by Crippen LogP contribution is 2.36. The summed E-state index contributed by atoms with van der Waals surface area (Å²) in [5.74, 6) is 1.31. The molecule has 3 heterocycles. The number of aromatic nitrogens is 2. The van der Waals surface area contributed by atoms with Gasteiger partial charge in [-0.3, -0.25) is 0 Å². The van der Waals surface area contributed by atoms with Gasteiger partial charge in [0.05, 0.1) is 17.8 Å². The third-order valence-corrected chi connectivity index (χ3v) is 6.54. The molecule has 7 nitrogen and oxygen atoms in total. The number of piperidine rings is 1. The minimum absolute atomic E-state index is 0.226. The van der Waals surface area contributed by atoms with Crippen LogP contribution in [0.25, 0.3) is 0 Å². The van der Waals surface area contributed by atoms with Crippen molar-refractivity contribution in [3.05, 3.63) is 12.4 Å². The smallest absolute Gasteiger partial charge is 0.399 e. The second kappa shape index (κ2) is 8.88. The molecule has 162 valence electrons. The van der Waals surface area contributed by atoms with Gasteiger partial charge in [-0.2, -0.15) is 0 Å². The van der Waals surface area contributed by atoms with Crippen molar-refractivity contribution in [2.75, 3.05) is 37.7 Å². The molecule has 1 aromatic heterocycles. The Morgan fingerprint density at radius 1 is 1.21 bits per heavy atom. The Morgan fingerprint density at radius 3 is 2.38 bits per heavy atom. The zero-order valence-corrected chi connectivity index (χ0v) is 18.9. The lowest BCUT2D eigenvalue weighted by Gasteiger charge is -2.36. The fourth-order valence-corrected chi connectivity index (χ4v) is 4.03. The summed E-state index contributed by atoms with van der Waals surface area (Å²) < 4.78 is 12.2. The Hall–Kier alpha value is -1.22. The molecule has 1 aromatic rings. The first-order valence-corrected chi connectivity index (χ1v) is 10.9. The van der Waals surface area contributed by atoms with E-state index in [-0.39, 0.29) is 17.8 Å². The maximum Gasteiger partial charge on any atom is 0.498 e. The van der Waals surface area contributed by atoms with Crippen LogP contribution in [0.4, 0.5) is 5.95 Å². The number of hydrogen-bond acceptors (Lipinski definition) is 7. The van der Waals surface area contributed by atoms with Crippen molar-refractivity contribution in [3.63, 3.8) is 0 Å². The molecule has 1 N–H and O–H groups in total. The van der Waals surface area contributed by atoms with Crippen molar-refractivity contribution in [1.29, 1.82) is 0 Å². The lowest BCUT2D eigenvalue weighted by atomic mass is 9.81. The molecule has 0 bridgehead atoms. The van der Waals surface area contributed by atoms with Crippen molar-refractivity contribution >= 4 is 18.5 Å². The normalized spacial score (nSPS) is 24.3. The Morgan fingerprint density at radius 2 is 1.83 bits per heavy atom. The van der Waals surface area contributed by atoms with Gasteiger partial charge in [-0.25, -0.2) is 9.97 Å². The van der Waals surface area contributed by atoms with Gasteiger partial charge in [0.25, 0.3) is 0 Å². The highest BCUT2D eigenvalue weighted by atomic mass is 16.7. The van der Waals surface area contributed by atoms with Gasteiger partial charge in [0.1, 0.15) is 0 Å². The predicted molar refractivity (Wildman–Crippen MR) is 116 cm³/mol. The predicted octanol–water partition coefficient (Wildman–Crippen LogP) is 1.69. The number of rotatable bonds is 7. The quantitative estimate of drug-likeness (QED) is 0.694. The molecule has 0 spiro atoms. The molecule has 1 unspecified atom stereocenters. The van der Waals surface area contributed by atoms with Gasteiger partial charge in [-0.1, -0.05) is 0 Å². The van der Waals surface area contributed by atoms with Crippen LogP contribution in [0, 0.1) is 5.92 Å². The number of aliphatic hydroxyl groups is 1. The van der Waals surface area contributed by atoms with Crippen LogP contribution in [0.2, 0.25) is 0 Å². The van der Waals surface area contributed by atoms with Crippen LogP contribution in [0.3, 0.4) is 0 Å². The minimum Gasteiger partial charge on any atom is -0.399 e. The second-order valence-electron chi connectivity index (χ2n) is 9.68. The molecule has 2 aliphatic rings. The molecule has 1 atom stereocenters. The number of β-amino-alcohol motifs (C(OH)–C–C–N with tert-alkyl or cyclic N) is 1. The second-order valence-corrected chi connectivity index (χ2v) is 9.68. The molecular weight excluding hydrogens is 367 g/mol. The summed E-state index contributed by atoms with van der Waals surface area (Å²) in [6.45, 7) is 16.6. The van der Waals surface area contributed by atoms with Gasteiger partial charge in [0.15, 0.2) is 0 Å². The summed E-state index contributed by atoms with van der Waals surface area (Å²) >= 11 is 0. The summed E-state index contributed by atoms with van der Waals surface area (Å²) in [6, 6.07) is 0.311. The molecule has 8 heteroatoms. The van der Waals surface area contributed by atoms with Crippen LogP contribution in [0.1, 0.15) is 54.4 Å². The van der Waals surface area contributed by atoms with Gasteiger partial charge in [0.2, 0.25) is 5.95 Å². The van der Waals surface area contributed by atoms with Gasteiger partial charge < -0.3 is 24.2 Å². The van der Waals surface area contributed by atoms with Crippen LogP contribution < -0.4 is 10.4 Å². The van der Waals surface area contributed by atoms with Crippen LogP contribution in [0.15, 0.2) is 12.4 Å². The van der Waals surface area contributed by atoms with E-state index in [1.807, 2.05) is 40.1 Å². The number of anilines is 1. The monoisotopic (exact) mass is 404 g/mol. The average Bonchev–Trinajstić information content (AvgIpc) is 2.88. The Kier molecular flexibility index (Phi) is 6.88. The van der Waals surface area contributed by atoms with Gasteiger partial charge in [-0.05, 0) is 66.8 Å². The van der Waals surface area contributed by atoms with E-state index in [0.717, 1.165) is 37.6 Å². The summed E-state index contributed by atoms with van der Waals surface area (Å²) in [5, 5.41) is 9.24. The average molecular weight is 404 g/mol. The van der Waals surface area contributed by atoms with E-state index in [0.29, 0.717) is 12.0 Å². The van der Waals surface area contributed by atoms with E-state index >= 15 is 0 Å². The van der Waals surface area contributed by atoms with Crippen LogP contribution in [0.5, 0.6) is 0 Å². The molecule has 2 fully saturated rings. The highest BCUT2D eigenvalue weighted by molar-refractivity contribution is 6.61. The molecule has 0 aliphatic carbocycles. The largest absolute Gasteiger partial charge is 0.498 e. The standard InChI is InChI=1S/C21H37BN4O3/c1-16(2)26(15-17-8-7-9-25(14-17)10-11-27)19-23-12-18(13-24-19)22-28-20(3,4)21(5,6)29-22/h12-13,16-17,27H,7-11,14-15H2,1-6H3. The lowest BCUT2D eigenvalue weighted by molar-refractivity contribution is 0.00578. The maximum atomic E-state index is 9.24. The van der Waals surface area contributed by atoms with Crippen molar-refractivity contribution in [3.8, 4) is 0 Å². The van der Waals surface area contributed by atoms with Crippen molar-refractivity contribution in [1.82, 2.24) is 14.9 Å². The first-order chi connectivity index (χ1) is 13.6. The van der Waals surface area contributed by atoms with E-state index in [9.17, 15) is 5.11 Å². The van der Waals surface area contributed by atoms with Gasteiger partial charge >= 0.3 is 7.12 Å². The molecule has 2 saturated heterocycles. The third-order valence-electron chi connectivity index (χ3n) is 6.54. The molecule has 3 rings (SSSR count). The van der Waals surface area contributed by atoms with E-state index in [4.69, 9.17) is 9.31 Å². The molecular formula is C21H37BN4O3. The minimum atomic E-state index is -0.438. The number of hydrogen-bond donors (Lipinski definition) is 1. The molecule has 0 radical (unpaired) electrons. The highest BCUT2D eigenvalue weighted by Gasteiger charge is 2.52. The molecule has 0 amide bonds. The number of nitrogens with zero attached hydrogens (tertiary/aromatic N) is 4. The molecule has 2 aliphatic heterocycles. The van der Waals surface area contributed by atoms with E-state index in [2.05, 4.69) is 33.6 Å². The fourth-order valence-electron chi connectivity index (χ4n) is 4.03. The van der Waals surface area contributed by atoms with Crippen molar-refractivity contribution in [2.24, 2.45) is 5.92 Å². The molecule has 0 saturated carbocycles. The Balaban J connectivity index is 1.68. The van der Waals surface area contributed by atoms with Crippen LogP contribution in [-0.2, 0) is 9.31 Å². The van der Waals surface area contributed by atoms with Crippen LogP contribution >= 0.6 is 0 Å². The van der Waals surface area contributed by atoms with E-state index < -0.39 is 7.12 Å². The zero-order chi connectivity index (χ0) is 21.2. The Bertz CT molecular complexity index is 650. The molecule has 29 heavy (non-hydrogen) atoms. The van der Waals surface area contributed by atoms with E-state index in [1.165, 1.54) is 12.8 Å². The topological polar surface area (TPSA) is 71.0 Å². The van der Waals surface area contributed by atoms with Crippen LogP contribution in [-0.4, -0.2) is 77.1 Å². The zero-order valence-electron chi connectivity index (χ0n) is 18.9. The van der Waals surface area contributed by atoms with Gasteiger partial charge in [0, 0.05) is 43.5 Å². The van der Waals surface area contributed by atoms with E-state index in [1.54, 1.807) is 0 Å². The lowest BCUT2D eigenvalue weighted by Crippen LogP contribution is -2.44. The summed E-state index contributed by atoms with van der Waals surface area (Å²) in [7, 11) is -0.438. The number of likely N-dealkylation sites (tertiary alicyclic amines) is 1. The van der Waals surface area contributed by atoms with Crippen molar-refractivity contribution in [2.45, 2.75) is 71.6 Å². The van der Waals surface area contributed by atoms with Crippen molar-refractivity contribution < 1.29 is 14.4 Å². The first-order valence-electron chi connectivity index (χ1n) is 10.9. The summed E-state index contributed by atoms with van der Waals surface area (Å²) in [5.41, 5.74) is 0.103.